The molecule has 6 heteroatoms. The second-order valence-electron chi connectivity index (χ2n) is 7.46. The highest BCUT2D eigenvalue weighted by Gasteiger charge is 2.29. The molecule has 2 heterocycles. The molecule has 2 aliphatic rings. The lowest BCUT2D eigenvalue weighted by Crippen LogP contribution is -2.50. The van der Waals surface area contributed by atoms with Crippen LogP contribution in [0.5, 0.6) is 0 Å². The smallest absolute Gasteiger partial charge is 0.317 e. The minimum Gasteiger partial charge on any atom is -0.350 e. The summed E-state index contributed by atoms with van der Waals surface area (Å²) in [5, 5.41) is 6.17. The molecule has 1 aromatic heterocycles. The molecule has 2 fully saturated rings. The van der Waals surface area contributed by atoms with Gasteiger partial charge in [0.15, 0.2) is 0 Å². The van der Waals surface area contributed by atoms with Crippen LogP contribution in [0.4, 0.5) is 4.79 Å². The van der Waals surface area contributed by atoms with E-state index in [2.05, 4.69) is 21.3 Å². The standard InChI is InChI=1S/C19H30N4O2/c1-14-9-10-17(22(14)2)12-20-18(24)15-6-5-11-23(13-15)19(25)21-16-7-3-4-8-16/h9-10,15-16H,3-8,11-13H2,1-2H3,(H,20,24)(H,21,25). The Morgan fingerprint density at radius 1 is 1.16 bits per heavy atom. The third kappa shape index (κ3) is 4.35. The average Bonchev–Trinajstić information content (AvgIpc) is 3.24. The Balaban J connectivity index is 1.49. The number of rotatable bonds is 4. The number of piperidine rings is 1. The van der Waals surface area contributed by atoms with Gasteiger partial charge in [0.25, 0.3) is 0 Å². The highest BCUT2D eigenvalue weighted by atomic mass is 16.2. The van der Waals surface area contributed by atoms with Gasteiger partial charge in [0.05, 0.1) is 12.5 Å². The molecular weight excluding hydrogens is 316 g/mol. The first-order valence-corrected chi connectivity index (χ1v) is 9.49. The molecule has 1 saturated heterocycles. The van der Waals surface area contributed by atoms with E-state index in [0.717, 1.165) is 37.9 Å². The van der Waals surface area contributed by atoms with Gasteiger partial charge in [-0.3, -0.25) is 4.79 Å². The maximum absolute atomic E-state index is 12.5. The molecule has 3 amide bonds. The predicted molar refractivity (Wildman–Crippen MR) is 97.1 cm³/mol. The number of carbonyl (C=O) groups is 2. The molecule has 1 unspecified atom stereocenters. The molecule has 1 aliphatic carbocycles. The third-order valence-electron chi connectivity index (χ3n) is 5.68. The Morgan fingerprint density at radius 2 is 1.92 bits per heavy atom. The maximum atomic E-state index is 12.5. The molecule has 2 N–H and O–H groups in total. The van der Waals surface area contributed by atoms with Gasteiger partial charge in [0, 0.05) is 37.6 Å². The van der Waals surface area contributed by atoms with E-state index in [1.807, 2.05) is 24.9 Å². The predicted octanol–water partition coefficient (Wildman–Crippen LogP) is 2.31. The molecule has 138 valence electrons. The summed E-state index contributed by atoms with van der Waals surface area (Å²) in [6.45, 7) is 3.86. The molecule has 6 nitrogen and oxygen atoms in total. The summed E-state index contributed by atoms with van der Waals surface area (Å²) in [6, 6.07) is 4.42. The van der Waals surface area contributed by atoms with Crippen molar-refractivity contribution >= 4 is 11.9 Å². The highest BCUT2D eigenvalue weighted by molar-refractivity contribution is 5.80. The Hall–Kier alpha value is -1.98. The van der Waals surface area contributed by atoms with Crippen LogP contribution in [0.15, 0.2) is 12.1 Å². The van der Waals surface area contributed by atoms with Gasteiger partial charge in [-0.05, 0) is 44.7 Å². The second-order valence-corrected chi connectivity index (χ2v) is 7.46. The van der Waals surface area contributed by atoms with Crippen LogP contribution in [0.3, 0.4) is 0 Å². The van der Waals surface area contributed by atoms with Gasteiger partial charge in [-0.25, -0.2) is 4.79 Å². The van der Waals surface area contributed by atoms with E-state index in [4.69, 9.17) is 0 Å². The number of nitrogens with zero attached hydrogens (tertiary/aromatic N) is 2. The van der Waals surface area contributed by atoms with Crippen LogP contribution in [0, 0.1) is 12.8 Å². The largest absolute Gasteiger partial charge is 0.350 e. The van der Waals surface area contributed by atoms with Crippen molar-refractivity contribution in [2.45, 2.75) is 58.0 Å². The van der Waals surface area contributed by atoms with E-state index >= 15 is 0 Å². The van der Waals surface area contributed by atoms with Gasteiger partial charge >= 0.3 is 6.03 Å². The van der Waals surface area contributed by atoms with Crippen LogP contribution in [-0.2, 0) is 18.4 Å². The quantitative estimate of drug-likeness (QED) is 0.879. The number of likely N-dealkylation sites (tertiary alicyclic amines) is 1. The second kappa shape index (κ2) is 7.93. The Labute approximate surface area is 149 Å². The van der Waals surface area contributed by atoms with E-state index in [-0.39, 0.29) is 17.9 Å². The third-order valence-corrected chi connectivity index (χ3v) is 5.68. The molecule has 0 radical (unpaired) electrons. The van der Waals surface area contributed by atoms with Crippen molar-refractivity contribution in [1.29, 1.82) is 0 Å². The molecule has 0 aromatic carbocycles. The summed E-state index contributed by atoms with van der Waals surface area (Å²) in [7, 11) is 2.01. The average molecular weight is 346 g/mol. The van der Waals surface area contributed by atoms with Crippen molar-refractivity contribution in [1.82, 2.24) is 20.1 Å². The Morgan fingerprint density at radius 3 is 2.60 bits per heavy atom. The number of aromatic nitrogens is 1. The number of amides is 3. The van der Waals surface area contributed by atoms with Crippen molar-refractivity contribution in [3.8, 4) is 0 Å². The summed E-state index contributed by atoms with van der Waals surface area (Å²) < 4.78 is 2.09. The van der Waals surface area contributed by atoms with Gasteiger partial charge in [-0.1, -0.05) is 12.8 Å². The fourth-order valence-electron chi connectivity index (χ4n) is 3.88. The highest BCUT2D eigenvalue weighted by Crippen LogP contribution is 2.20. The summed E-state index contributed by atoms with van der Waals surface area (Å²) in [6.07, 6.45) is 6.31. The SMILES string of the molecule is Cc1ccc(CNC(=O)C2CCCN(C(=O)NC3CCCC3)C2)n1C. The molecule has 1 atom stereocenters. The molecule has 0 spiro atoms. The van der Waals surface area contributed by atoms with Crippen molar-refractivity contribution in [3.63, 3.8) is 0 Å². The van der Waals surface area contributed by atoms with Gasteiger partial charge in [-0.15, -0.1) is 0 Å². The summed E-state index contributed by atoms with van der Waals surface area (Å²) in [5.74, 6) is -0.0540. The van der Waals surface area contributed by atoms with E-state index in [0.29, 0.717) is 19.1 Å². The lowest BCUT2D eigenvalue weighted by molar-refractivity contribution is -0.126. The maximum Gasteiger partial charge on any atom is 0.317 e. The number of urea groups is 1. The zero-order valence-corrected chi connectivity index (χ0v) is 15.4. The summed E-state index contributed by atoms with van der Waals surface area (Å²) in [4.78, 5) is 26.8. The van der Waals surface area contributed by atoms with E-state index in [1.54, 1.807) is 0 Å². The lowest BCUT2D eigenvalue weighted by Gasteiger charge is -2.33. The van der Waals surface area contributed by atoms with Gasteiger partial charge in [0.2, 0.25) is 5.91 Å². The topological polar surface area (TPSA) is 66.4 Å². The summed E-state index contributed by atoms with van der Waals surface area (Å²) in [5.41, 5.74) is 2.27. The van der Waals surface area contributed by atoms with Gasteiger partial charge < -0.3 is 20.1 Å². The van der Waals surface area contributed by atoms with E-state index in [9.17, 15) is 9.59 Å². The monoisotopic (exact) mass is 346 g/mol. The van der Waals surface area contributed by atoms with Crippen LogP contribution in [0.1, 0.15) is 49.9 Å². The number of aryl methyl sites for hydroxylation is 1. The molecule has 25 heavy (non-hydrogen) atoms. The van der Waals surface area contributed by atoms with Gasteiger partial charge in [-0.2, -0.15) is 0 Å². The van der Waals surface area contributed by atoms with E-state index < -0.39 is 0 Å². The minimum atomic E-state index is -0.107. The first-order chi connectivity index (χ1) is 12.0. The first kappa shape index (κ1) is 17.8. The van der Waals surface area contributed by atoms with Crippen LogP contribution < -0.4 is 10.6 Å². The fraction of sp³-hybridized carbons (Fsp3) is 0.684. The number of hydrogen-bond acceptors (Lipinski definition) is 2. The molecule has 1 saturated carbocycles. The Kier molecular flexibility index (Phi) is 5.66. The van der Waals surface area contributed by atoms with Crippen molar-refractivity contribution in [3.05, 3.63) is 23.5 Å². The summed E-state index contributed by atoms with van der Waals surface area (Å²) >= 11 is 0. The van der Waals surface area contributed by atoms with Crippen LogP contribution in [0.2, 0.25) is 0 Å². The number of hydrogen-bond donors (Lipinski definition) is 2. The molecule has 3 rings (SSSR count). The van der Waals surface area contributed by atoms with Crippen LogP contribution >= 0.6 is 0 Å². The van der Waals surface area contributed by atoms with Gasteiger partial charge in [0.1, 0.15) is 0 Å². The number of nitrogens with one attached hydrogen (secondary N) is 2. The van der Waals surface area contributed by atoms with Crippen LogP contribution in [-0.4, -0.2) is 40.5 Å². The fourth-order valence-corrected chi connectivity index (χ4v) is 3.88. The zero-order valence-electron chi connectivity index (χ0n) is 15.4. The minimum absolute atomic E-state index is 0.00228. The first-order valence-electron chi connectivity index (χ1n) is 9.49. The van der Waals surface area contributed by atoms with E-state index in [1.165, 1.54) is 18.5 Å². The normalized spacial score (nSPS) is 21.4. The van der Waals surface area contributed by atoms with Crippen molar-refractivity contribution < 1.29 is 9.59 Å². The molecular formula is C19H30N4O2. The number of carbonyl (C=O) groups excluding carboxylic acids is 2. The van der Waals surface area contributed by atoms with Crippen LogP contribution in [0.25, 0.3) is 0 Å². The van der Waals surface area contributed by atoms with Crippen molar-refractivity contribution in [2.75, 3.05) is 13.1 Å². The Bertz CT molecular complexity index is 619. The molecule has 0 bridgehead atoms. The molecule has 1 aromatic rings. The van der Waals surface area contributed by atoms with Crippen molar-refractivity contribution in [2.24, 2.45) is 13.0 Å². The zero-order chi connectivity index (χ0) is 17.8. The lowest BCUT2D eigenvalue weighted by atomic mass is 9.97. The molecule has 1 aliphatic heterocycles.